The van der Waals surface area contributed by atoms with Crippen LogP contribution in [0.5, 0.6) is 0 Å². The number of carbonyl (C=O) groups excluding carboxylic acids is 1. The van der Waals surface area contributed by atoms with Gasteiger partial charge in [0.1, 0.15) is 0 Å². The van der Waals surface area contributed by atoms with Crippen LogP contribution < -0.4 is 4.90 Å². The van der Waals surface area contributed by atoms with Gasteiger partial charge in [0, 0.05) is 21.4 Å². The molecule has 2 aliphatic heterocycles. The molecule has 0 aromatic heterocycles. The van der Waals surface area contributed by atoms with Crippen LogP contribution in [0.1, 0.15) is 24.4 Å². The fourth-order valence-corrected chi connectivity index (χ4v) is 5.06. The van der Waals surface area contributed by atoms with Crippen molar-refractivity contribution in [3.8, 4) is 0 Å². The number of ether oxygens (including phenoxy) is 1. The van der Waals surface area contributed by atoms with Gasteiger partial charge in [-0.3, -0.25) is 4.79 Å². The monoisotopic (exact) mass is 359 g/mol. The normalized spacial score (nSPS) is 22.0. The molecule has 24 heavy (non-hydrogen) atoms. The second kappa shape index (κ2) is 6.34. The topological polar surface area (TPSA) is 29.5 Å². The van der Waals surface area contributed by atoms with Gasteiger partial charge in [-0.05, 0) is 42.7 Å². The highest BCUT2D eigenvalue weighted by Crippen LogP contribution is 2.50. The molecule has 2 aliphatic rings. The minimum atomic E-state index is -0.157. The van der Waals surface area contributed by atoms with Crippen molar-refractivity contribution in [1.82, 2.24) is 0 Å². The van der Waals surface area contributed by atoms with Crippen molar-refractivity contribution in [1.29, 1.82) is 0 Å². The average molecular weight is 360 g/mol. The zero-order valence-corrected chi connectivity index (χ0v) is 14.9. The Kier molecular flexibility index (Phi) is 4.19. The Hall–Kier alpha value is -1.65. The van der Waals surface area contributed by atoms with Crippen LogP contribution in [0.15, 0.2) is 52.3 Å². The number of piperidine rings is 1. The van der Waals surface area contributed by atoms with E-state index >= 15 is 0 Å². The molecule has 0 spiro atoms. The minimum Gasteiger partial charge on any atom is -0.469 e. The summed E-state index contributed by atoms with van der Waals surface area (Å²) >= 11 is 8.02. The number of methoxy groups -OCH3 is 1. The SMILES string of the molecule is COC(=O)[C@H]1CCCN2c3cc(Cl)ccc3Sc3ccccc3[C@@H]12. The van der Waals surface area contributed by atoms with Crippen LogP contribution in [0.2, 0.25) is 5.02 Å². The van der Waals surface area contributed by atoms with Gasteiger partial charge in [0.15, 0.2) is 0 Å². The number of anilines is 1. The van der Waals surface area contributed by atoms with Gasteiger partial charge in [-0.2, -0.15) is 0 Å². The highest BCUT2D eigenvalue weighted by Gasteiger charge is 2.41. The molecule has 2 atom stereocenters. The van der Waals surface area contributed by atoms with Gasteiger partial charge < -0.3 is 9.64 Å². The van der Waals surface area contributed by atoms with Gasteiger partial charge in [0.2, 0.25) is 0 Å². The zero-order valence-electron chi connectivity index (χ0n) is 13.4. The number of fused-ring (bicyclic) bond motifs is 5. The maximum Gasteiger partial charge on any atom is 0.311 e. The fourth-order valence-electron chi connectivity index (χ4n) is 3.79. The third kappa shape index (κ3) is 2.58. The summed E-state index contributed by atoms with van der Waals surface area (Å²) in [6.45, 7) is 0.917. The summed E-state index contributed by atoms with van der Waals surface area (Å²) in [4.78, 5) is 17.2. The lowest BCUT2D eigenvalue weighted by atomic mass is 9.84. The van der Waals surface area contributed by atoms with Crippen molar-refractivity contribution in [3.63, 3.8) is 0 Å². The first-order valence-electron chi connectivity index (χ1n) is 8.10. The van der Waals surface area contributed by atoms with Crippen molar-refractivity contribution in [2.24, 2.45) is 5.92 Å². The molecule has 0 unspecified atom stereocenters. The van der Waals surface area contributed by atoms with Crippen LogP contribution >= 0.6 is 23.4 Å². The number of hydrogen-bond acceptors (Lipinski definition) is 4. The molecule has 4 rings (SSSR count). The van der Waals surface area contributed by atoms with Crippen molar-refractivity contribution in [2.45, 2.75) is 28.7 Å². The first-order valence-corrected chi connectivity index (χ1v) is 9.29. The van der Waals surface area contributed by atoms with Gasteiger partial charge >= 0.3 is 5.97 Å². The molecule has 1 fully saturated rings. The molecule has 2 aromatic rings. The Bertz CT molecular complexity index is 795. The molecule has 124 valence electrons. The number of benzene rings is 2. The average Bonchev–Trinajstić information content (AvgIpc) is 2.75. The predicted molar refractivity (Wildman–Crippen MR) is 96.8 cm³/mol. The molecule has 3 nitrogen and oxygen atoms in total. The maximum absolute atomic E-state index is 12.4. The number of halogens is 1. The number of rotatable bonds is 1. The molecule has 1 saturated heterocycles. The summed E-state index contributed by atoms with van der Waals surface area (Å²) in [7, 11) is 1.48. The number of carbonyl (C=O) groups is 1. The van der Waals surface area contributed by atoms with Crippen LogP contribution in [0.3, 0.4) is 0 Å². The van der Waals surface area contributed by atoms with E-state index in [0.717, 1.165) is 30.1 Å². The van der Waals surface area contributed by atoms with Gasteiger partial charge in [0.05, 0.1) is 24.8 Å². The first-order chi connectivity index (χ1) is 11.7. The van der Waals surface area contributed by atoms with Crippen LogP contribution in [-0.4, -0.2) is 19.6 Å². The van der Waals surface area contributed by atoms with E-state index in [4.69, 9.17) is 16.3 Å². The first kappa shape index (κ1) is 15.9. The highest BCUT2D eigenvalue weighted by molar-refractivity contribution is 7.99. The molecule has 2 heterocycles. The van der Waals surface area contributed by atoms with E-state index < -0.39 is 0 Å². The lowest BCUT2D eigenvalue weighted by Gasteiger charge is -2.41. The van der Waals surface area contributed by atoms with Crippen molar-refractivity contribution >= 4 is 35.0 Å². The molecule has 0 bridgehead atoms. The smallest absolute Gasteiger partial charge is 0.311 e. The second-order valence-corrected chi connectivity index (χ2v) is 7.68. The minimum absolute atomic E-state index is 0.00498. The molecular formula is C19H18ClNO2S. The van der Waals surface area contributed by atoms with Crippen LogP contribution in [0.4, 0.5) is 5.69 Å². The van der Waals surface area contributed by atoms with Gasteiger partial charge in [-0.15, -0.1) is 0 Å². The van der Waals surface area contributed by atoms with E-state index in [1.165, 1.54) is 22.5 Å². The Morgan fingerprint density at radius 1 is 1.25 bits per heavy atom. The second-order valence-electron chi connectivity index (χ2n) is 6.16. The van der Waals surface area contributed by atoms with E-state index in [9.17, 15) is 4.79 Å². The summed E-state index contributed by atoms with van der Waals surface area (Å²) in [5.74, 6) is -0.287. The fraction of sp³-hybridized carbons (Fsp3) is 0.316. The Morgan fingerprint density at radius 3 is 2.92 bits per heavy atom. The summed E-state index contributed by atoms with van der Waals surface area (Å²) in [5, 5.41) is 0.722. The van der Waals surface area contributed by atoms with E-state index in [1.807, 2.05) is 24.3 Å². The van der Waals surface area contributed by atoms with E-state index in [-0.39, 0.29) is 17.9 Å². The van der Waals surface area contributed by atoms with Gasteiger partial charge in [-0.1, -0.05) is 41.6 Å². The molecule has 0 amide bonds. The molecule has 0 N–H and O–H groups in total. The summed E-state index contributed by atoms with van der Waals surface area (Å²) in [6.07, 6.45) is 1.82. The Morgan fingerprint density at radius 2 is 2.08 bits per heavy atom. The van der Waals surface area contributed by atoms with Crippen molar-refractivity contribution in [2.75, 3.05) is 18.6 Å². The van der Waals surface area contributed by atoms with Crippen LogP contribution in [-0.2, 0) is 9.53 Å². The summed E-state index contributed by atoms with van der Waals surface area (Å²) < 4.78 is 5.11. The lowest BCUT2D eigenvalue weighted by Crippen LogP contribution is -2.42. The van der Waals surface area contributed by atoms with Gasteiger partial charge in [-0.25, -0.2) is 0 Å². The zero-order chi connectivity index (χ0) is 16.7. The molecule has 0 saturated carbocycles. The van der Waals surface area contributed by atoms with Gasteiger partial charge in [0.25, 0.3) is 0 Å². The Balaban J connectivity index is 1.92. The molecule has 0 radical (unpaired) electrons. The molecule has 5 heteroatoms. The van der Waals surface area contributed by atoms with Crippen molar-refractivity contribution < 1.29 is 9.53 Å². The van der Waals surface area contributed by atoms with E-state index in [2.05, 4.69) is 23.1 Å². The highest BCUT2D eigenvalue weighted by atomic mass is 35.5. The third-order valence-corrected chi connectivity index (χ3v) is 6.21. The summed E-state index contributed by atoms with van der Waals surface area (Å²) in [6, 6.07) is 14.4. The number of hydrogen-bond donors (Lipinski definition) is 0. The van der Waals surface area contributed by atoms with Crippen LogP contribution in [0.25, 0.3) is 0 Å². The molecular weight excluding hydrogens is 342 g/mol. The number of nitrogens with zero attached hydrogens (tertiary/aromatic N) is 1. The lowest BCUT2D eigenvalue weighted by molar-refractivity contribution is -0.147. The standard InChI is InChI=1S/C19H18ClNO2S/c1-23-19(22)14-6-4-10-21-15-11-12(20)8-9-17(15)24-16-7-3-2-5-13(16)18(14)21/h2-3,5,7-9,11,14,18H,4,6,10H2,1H3/t14-,18-/m0/s1. The predicted octanol–water partition coefficient (Wildman–Crippen LogP) is 4.94. The molecule has 2 aromatic carbocycles. The van der Waals surface area contributed by atoms with Crippen molar-refractivity contribution in [3.05, 3.63) is 53.1 Å². The Labute approximate surface area is 150 Å². The number of esters is 1. The quantitative estimate of drug-likeness (QED) is 0.675. The van der Waals surface area contributed by atoms with Crippen LogP contribution in [0, 0.1) is 5.92 Å². The largest absolute Gasteiger partial charge is 0.469 e. The van der Waals surface area contributed by atoms with E-state index in [1.54, 1.807) is 11.8 Å². The summed E-state index contributed by atoms with van der Waals surface area (Å²) in [5.41, 5.74) is 2.31. The third-order valence-electron chi connectivity index (χ3n) is 4.82. The van der Waals surface area contributed by atoms with E-state index in [0.29, 0.717) is 0 Å². The maximum atomic E-state index is 12.4. The molecule has 0 aliphatic carbocycles.